The van der Waals surface area contributed by atoms with Crippen LogP contribution in [0.25, 0.3) is 0 Å². The van der Waals surface area contributed by atoms with E-state index in [4.69, 9.17) is 10.8 Å². The van der Waals surface area contributed by atoms with Crippen LogP contribution in [0.3, 0.4) is 0 Å². The first-order chi connectivity index (χ1) is 8.47. The normalized spacial score (nSPS) is 25.5. The average molecular weight is 256 g/mol. The minimum Gasteiger partial charge on any atom is -0.480 e. The van der Waals surface area contributed by atoms with Crippen LogP contribution in [0, 0.1) is 5.92 Å². The van der Waals surface area contributed by atoms with Gasteiger partial charge in [-0.25, -0.2) is 0 Å². The molecule has 1 aliphatic carbocycles. The first-order valence-corrected chi connectivity index (χ1v) is 6.75. The third kappa shape index (κ3) is 3.70. The number of hydrogen-bond acceptors (Lipinski definition) is 3. The van der Waals surface area contributed by atoms with Crippen LogP contribution in [0.5, 0.6) is 0 Å². The molecule has 0 aromatic rings. The zero-order valence-electron chi connectivity index (χ0n) is 11.3. The maximum Gasteiger partial charge on any atom is 0.323 e. The van der Waals surface area contributed by atoms with Crippen molar-refractivity contribution in [1.82, 2.24) is 4.90 Å². The second-order valence-corrected chi connectivity index (χ2v) is 5.17. The number of carbonyl (C=O) groups is 2. The number of carboxylic acids is 1. The van der Waals surface area contributed by atoms with E-state index in [-0.39, 0.29) is 30.5 Å². The quantitative estimate of drug-likeness (QED) is 0.774. The summed E-state index contributed by atoms with van der Waals surface area (Å²) in [5.74, 6) is -1.25. The molecule has 3 unspecified atom stereocenters. The van der Waals surface area contributed by atoms with E-state index in [1.54, 1.807) is 0 Å². The summed E-state index contributed by atoms with van der Waals surface area (Å²) >= 11 is 0. The Hall–Kier alpha value is -1.10. The van der Waals surface area contributed by atoms with E-state index in [0.717, 1.165) is 32.1 Å². The molecule has 3 N–H and O–H groups in total. The number of aliphatic carboxylic acids is 1. The van der Waals surface area contributed by atoms with Crippen LogP contribution < -0.4 is 5.73 Å². The van der Waals surface area contributed by atoms with Crippen LogP contribution in [0.4, 0.5) is 0 Å². The van der Waals surface area contributed by atoms with Crippen LogP contribution in [-0.4, -0.2) is 40.5 Å². The van der Waals surface area contributed by atoms with Gasteiger partial charge in [0.1, 0.15) is 6.54 Å². The zero-order valence-corrected chi connectivity index (χ0v) is 11.3. The van der Waals surface area contributed by atoms with Gasteiger partial charge < -0.3 is 15.7 Å². The lowest BCUT2D eigenvalue weighted by Crippen LogP contribution is -2.50. The molecule has 5 nitrogen and oxygen atoms in total. The van der Waals surface area contributed by atoms with Crippen molar-refractivity contribution in [2.75, 3.05) is 6.54 Å². The SMILES string of the molecule is CCC(C)N(CC(=O)O)C(=O)C1CCCCC1N. The molecule has 18 heavy (non-hydrogen) atoms. The molecule has 1 fully saturated rings. The van der Waals surface area contributed by atoms with Crippen molar-refractivity contribution in [3.63, 3.8) is 0 Å². The fourth-order valence-corrected chi connectivity index (χ4v) is 2.50. The molecule has 1 rings (SSSR count). The van der Waals surface area contributed by atoms with E-state index >= 15 is 0 Å². The lowest BCUT2D eigenvalue weighted by atomic mass is 9.84. The largest absolute Gasteiger partial charge is 0.480 e. The summed E-state index contributed by atoms with van der Waals surface area (Å²) in [6.45, 7) is 3.61. The fraction of sp³-hybridized carbons (Fsp3) is 0.846. The van der Waals surface area contributed by atoms with E-state index in [2.05, 4.69) is 0 Å². The molecule has 1 amide bonds. The molecule has 0 aromatic carbocycles. The third-order valence-electron chi connectivity index (χ3n) is 3.85. The van der Waals surface area contributed by atoms with Gasteiger partial charge in [-0.1, -0.05) is 19.8 Å². The minimum atomic E-state index is -0.965. The van der Waals surface area contributed by atoms with Gasteiger partial charge in [0.15, 0.2) is 0 Å². The van der Waals surface area contributed by atoms with Crippen LogP contribution in [0.15, 0.2) is 0 Å². The molecular weight excluding hydrogens is 232 g/mol. The van der Waals surface area contributed by atoms with Crippen molar-refractivity contribution in [3.8, 4) is 0 Å². The van der Waals surface area contributed by atoms with Crippen molar-refractivity contribution in [2.45, 2.75) is 58.0 Å². The first-order valence-electron chi connectivity index (χ1n) is 6.75. The average Bonchev–Trinajstić information content (AvgIpc) is 2.34. The number of amides is 1. The Morgan fingerprint density at radius 2 is 2.00 bits per heavy atom. The van der Waals surface area contributed by atoms with Crippen molar-refractivity contribution in [2.24, 2.45) is 11.7 Å². The van der Waals surface area contributed by atoms with Crippen LogP contribution >= 0.6 is 0 Å². The summed E-state index contributed by atoms with van der Waals surface area (Å²) in [5.41, 5.74) is 6.00. The number of carbonyl (C=O) groups excluding carboxylic acids is 1. The van der Waals surface area contributed by atoms with Gasteiger partial charge in [-0.2, -0.15) is 0 Å². The molecule has 0 radical (unpaired) electrons. The summed E-state index contributed by atoms with van der Waals surface area (Å²) in [5, 5.41) is 8.92. The minimum absolute atomic E-state index is 0.0530. The Balaban J connectivity index is 2.76. The second kappa shape index (κ2) is 6.73. The lowest BCUT2D eigenvalue weighted by molar-refractivity contribution is -0.149. The van der Waals surface area contributed by atoms with Crippen LogP contribution in [0.2, 0.25) is 0 Å². The summed E-state index contributed by atoms with van der Waals surface area (Å²) in [6.07, 6.45) is 4.46. The molecule has 0 spiro atoms. The van der Waals surface area contributed by atoms with Crippen molar-refractivity contribution in [3.05, 3.63) is 0 Å². The molecule has 5 heteroatoms. The third-order valence-corrected chi connectivity index (χ3v) is 3.85. The van der Waals surface area contributed by atoms with E-state index in [0.29, 0.717) is 0 Å². The van der Waals surface area contributed by atoms with Gasteiger partial charge in [0.05, 0.1) is 5.92 Å². The predicted molar refractivity (Wildman–Crippen MR) is 69.0 cm³/mol. The molecule has 1 saturated carbocycles. The van der Waals surface area contributed by atoms with E-state index in [1.165, 1.54) is 4.90 Å². The van der Waals surface area contributed by atoms with Gasteiger partial charge in [-0.3, -0.25) is 9.59 Å². The molecule has 0 heterocycles. The highest BCUT2D eigenvalue weighted by atomic mass is 16.4. The smallest absolute Gasteiger partial charge is 0.323 e. The molecule has 0 aliphatic heterocycles. The van der Waals surface area contributed by atoms with Crippen LogP contribution in [-0.2, 0) is 9.59 Å². The Labute approximate surface area is 108 Å². The molecule has 0 bridgehead atoms. The Morgan fingerprint density at radius 1 is 1.39 bits per heavy atom. The maximum absolute atomic E-state index is 12.4. The fourth-order valence-electron chi connectivity index (χ4n) is 2.50. The van der Waals surface area contributed by atoms with Crippen molar-refractivity contribution >= 4 is 11.9 Å². The summed E-state index contributed by atoms with van der Waals surface area (Å²) in [6, 6.07) is -0.172. The van der Waals surface area contributed by atoms with Gasteiger partial charge in [0.25, 0.3) is 0 Å². The van der Waals surface area contributed by atoms with Gasteiger partial charge in [0, 0.05) is 12.1 Å². The lowest BCUT2D eigenvalue weighted by Gasteiger charge is -2.35. The number of carboxylic acid groups (broad SMARTS) is 1. The monoisotopic (exact) mass is 256 g/mol. The number of nitrogens with zero attached hydrogens (tertiary/aromatic N) is 1. The summed E-state index contributed by atoms with van der Waals surface area (Å²) < 4.78 is 0. The highest BCUT2D eigenvalue weighted by Gasteiger charge is 2.33. The highest BCUT2D eigenvalue weighted by molar-refractivity contribution is 5.84. The molecule has 0 saturated heterocycles. The van der Waals surface area contributed by atoms with Crippen molar-refractivity contribution in [1.29, 1.82) is 0 Å². The van der Waals surface area contributed by atoms with E-state index < -0.39 is 5.97 Å². The van der Waals surface area contributed by atoms with Gasteiger partial charge in [-0.15, -0.1) is 0 Å². The Morgan fingerprint density at radius 3 is 2.50 bits per heavy atom. The predicted octanol–water partition coefficient (Wildman–Crippen LogP) is 1.22. The maximum atomic E-state index is 12.4. The Kier molecular flexibility index (Phi) is 5.59. The van der Waals surface area contributed by atoms with E-state index in [1.807, 2.05) is 13.8 Å². The second-order valence-electron chi connectivity index (χ2n) is 5.17. The van der Waals surface area contributed by atoms with Crippen LogP contribution in [0.1, 0.15) is 46.0 Å². The number of hydrogen-bond donors (Lipinski definition) is 2. The summed E-state index contributed by atoms with van der Waals surface area (Å²) in [7, 11) is 0. The molecule has 104 valence electrons. The zero-order chi connectivity index (χ0) is 13.7. The van der Waals surface area contributed by atoms with Gasteiger partial charge in [0.2, 0.25) is 5.91 Å². The van der Waals surface area contributed by atoms with E-state index in [9.17, 15) is 9.59 Å². The number of nitrogens with two attached hydrogens (primary N) is 1. The topological polar surface area (TPSA) is 83.6 Å². The van der Waals surface area contributed by atoms with Gasteiger partial charge in [-0.05, 0) is 26.2 Å². The Bertz CT molecular complexity index is 307. The first kappa shape index (κ1) is 15.0. The number of rotatable bonds is 5. The summed E-state index contributed by atoms with van der Waals surface area (Å²) in [4.78, 5) is 24.8. The van der Waals surface area contributed by atoms with Gasteiger partial charge >= 0.3 is 5.97 Å². The molecular formula is C13H24N2O3. The van der Waals surface area contributed by atoms with Crippen molar-refractivity contribution < 1.29 is 14.7 Å². The highest BCUT2D eigenvalue weighted by Crippen LogP contribution is 2.25. The molecule has 1 aliphatic rings. The standard InChI is InChI=1S/C13H24N2O3/c1-3-9(2)15(8-12(16)17)13(18)10-6-4-5-7-11(10)14/h9-11H,3-8,14H2,1-2H3,(H,16,17). The molecule has 3 atom stereocenters. The molecule has 0 aromatic heterocycles.